The van der Waals surface area contributed by atoms with Crippen molar-refractivity contribution in [1.82, 2.24) is 19.5 Å². The Kier molecular flexibility index (Phi) is 5.20. The molecule has 0 saturated carbocycles. The fourth-order valence-corrected chi connectivity index (χ4v) is 4.24. The molecule has 0 atom stereocenters. The summed E-state index contributed by atoms with van der Waals surface area (Å²) in [6.45, 7) is 3.50. The second kappa shape index (κ2) is 8.30. The van der Waals surface area contributed by atoms with Crippen molar-refractivity contribution >= 4 is 11.3 Å². The van der Waals surface area contributed by atoms with Gasteiger partial charge in [0.05, 0.1) is 24.2 Å². The summed E-state index contributed by atoms with van der Waals surface area (Å²) in [7, 11) is 0. The van der Waals surface area contributed by atoms with E-state index in [4.69, 9.17) is 9.72 Å². The van der Waals surface area contributed by atoms with Crippen LogP contribution in [0.3, 0.4) is 0 Å². The van der Waals surface area contributed by atoms with Crippen molar-refractivity contribution in [2.24, 2.45) is 0 Å². The van der Waals surface area contributed by atoms with Crippen LogP contribution in [0.4, 0.5) is 0 Å². The van der Waals surface area contributed by atoms with E-state index in [9.17, 15) is 4.79 Å². The lowest BCUT2D eigenvalue weighted by molar-refractivity contribution is 0.340. The van der Waals surface area contributed by atoms with Gasteiger partial charge in [-0.25, -0.2) is 14.2 Å². The zero-order chi connectivity index (χ0) is 21.2. The third kappa shape index (κ3) is 3.58. The highest BCUT2D eigenvalue weighted by Gasteiger charge is 2.19. The van der Waals surface area contributed by atoms with Gasteiger partial charge in [-0.1, -0.05) is 24.6 Å². The number of ether oxygens (including phenoxy) is 1. The van der Waals surface area contributed by atoms with Gasteiger partial charge in [0, 0.05) is 17.8 Å². The Balaban J connectivity index is 1.74. The molecule has 31 heavy (non-hydrogen) atoms. The molecule has 4 aromatic rings. The highest BCUT2D eigenvalue weighted by molar-refractivity contribution is 5.65. The molecule has 0 spiro atoms. The van der Waals surface area contributed by atoms with E-state index in [0.717, 1.165) is 54.2 Å². The van der Waals surface area contributed by atoms with Crippen LogP contribution in [0.5, 0.6) is 5.75 Å². The molecule has 0 unspecified atom stereocenters. The lowest BCUT2D eigenvalue weighted by Crippen LogP contribution is -2.33. The van der Waals surface area contributed by atoms with Crippen LogP contribution in [0.15, 0.2) is 65.6 Å². The zero-order valence-corrected chi connectivity index (χ0v) is 17.7. The van der Waals surface area contributed by atoms with E-state index in [2.05, 4.69) is 5.32 Å². The Morgan fingerprint density at radius 1 is 1.03 bits per heavy atom. The molecule has 5 rings (SSSR count). The number of nitrogens with one attached hydrogen (secondary N) is 1. The van der Waals surface area contributed by atoms with Crippen LogP contribution in [0.25, 0.3) is 28.3 Å². The first-order valence-electron chi connectivity index (χ1n) is 11.0. The molecule has 158 valence electrons. The summed E-state index contributed by atoms with van der Waals surface area (Å²) >= 11 is 0. The van der Waals surface area contributed by atoms with Crippen molar-refractivity contribution < 1.29 is 4.74 Å². The molecule has 3 heterocycles. The van der Waals surface area contributed by atoms with Gasteiger partial charge in [0.1, 0.15) is 11.0 Å². The van der Waals surface area contributed by atoms with Gasteiger partial charge in [-0.05, 0) is 62.6 Å². The van der Waals surface area contributed by atoms with Crippen molar-refractivity contribution in [2.45, 2.75) is 32.6 Å². The van der Waals surface area contributed by atoms with Gasteiger partial charge >= 0.3 is 0 Å². The Morgan fingerprint density at radius 2 is 1.84 bits per heavy atom. The van der Waals surface area contributed by atoms with Crippen molar-refractivity contribution in [3.05, 3.63) is 76.4 Å². The molecule has 0 bridgehead atoms. The SMILES string of the molecule is CCOc1ccc(-c2cn3c(n2)/c(=C2/CCCCCN2)c(=O)n3-c2ccccc2)cc1. The maximum absolute atomic E-state index is 13.6. The molecular formula is C25H26N4O2. The number of rotatable bonds is 4. The summed E-state index contributed by atoms with van der Waals surface area (Å²) in [5.41, 5.74) is 4.32. The van der Waals surface area contributed by atoms with Gasteiger partial charge in [0.2, 0.25) is 0 Å². The van der Waals surface area contributed by atoms with Crippen LogP contribution >= 0.6 is 0 Å². The molecule has 0 aliphatic carbocycles. The lowest BCUT2D eigenvalue weighted by Gasteiger charge is -2.05. The van der Waals surface area contributed by atoms with E-state index in [-0.39, 0.29) is 5.56 Å². The maximum atomic E-state index is 13.6. The second-order valence-electron chi connectivity index (χ2n) is 7.80. The van der Waals surface area contributed by atoms with Crippen LogP contribution < -0.4 is 20.8 Å². The molecule has 1 aliphatic heterocycles. The standard InChI is InChI=1S/C25H26N4O2/c1-2-31-20-14-12-18(13-15-20)22-17-28-24(27-22)23(21-11-7-4-8-16-26-21)25(30)29(28)19-9-5-3-6-10-19/h3,5-6,9-10,12-15,17,26H,2,4,7-8,11,16H2,1H3/b23-21+. The van der Waals surface area contributed by atoms with Crippen molar-refractivity contribution in [1.29, 1.82) is 0 Å². The number of benzene rings is 2. The molecule has 6 heteroatoms. The Labute approximate surface area is 180 Å². The second-order valence-corrected chi connectivity index (χ2v) is 7.80. The third-order valence-corrected chi connectivity index (χ3v) is 5.74. The topological polar surface area (TPSA) is 60.6 Å². The van der Waals surface area contributed by atoms with E-state index in [1.165, 1.54) is 6.42 Å². The summed E-state index contributed by atoms with van der Waals surface area (Å²) in [5, 5.41) is 4.18. The third-order valence-electron chi connectivity index (χ3n) is 5.74. The van der Waals surface area contributed by atoms with Crippen LogP contribution in [0.1, 0.15) is 32.6 Å². The van der Waals surface area contributed by atoms with Crippen molar-refractivity contribution in [3.8, 4) is 22.7 Å². The van der Waals surface area contributed by atoms with Gasteiger partial charge in [-0.3, -0.25) is 4.79 Å². The predicted molar refractivity (Wildman–Crippen MR) is 122 cm³/mol. The van der Waals surface area contributed by atoms with Crippen molar-refractivity contribution in [3.63, 3.8) is 0 Å². The molecule has 2 aromatic carbocycles. The number of imidazole rings is 1. The first-order valence-corrected chi connectivity index (χ1v) is 11.0. The molecule has 1 fully saturated rings. The highest BCUT2D eigenvalue weighted by atomic mass is 16.5. The molecule has 1 saturated heterocycles. The van der Waals surface area contributed by atoms with Crippen LogP contribution in [-0.2, 0) is 0 Å². The quantitative estimate of drug-likeness (QED) is 0.555. The average molecular weight is 415 g/mol. The number of para-hydroxylation sites is 1. The zero-order valence-electron chi connectivity index (χ0n) is 17.7. The van der Waals surface area contributed by atoms with E-state index in [0.29, 0.717) is 17.5 Å². The van der Waals surface area contributed by atoms with Gasteiger partial charge < -0.3 is 10.1 Å². The summed E-state index contributed by atoms with van der Waals surface area (Å²) in [4.78, 5) is 18.5. The molecule has 1 aliphatic rings. The first-order chi connectivity index (χ1) is 15.3. The normalized spacial score (nSPS) is 16.2. The summed E-state index contributed by atoms with van der Waals surface area (Å²) in [6, 6.07) is 17.7. The summed E-state index contributed by atoms with van der Waals surface area (Å²) in [6.07, 6.45) is 6.19. The van der Waals surface area contributed by atoms with Gasteiger partial charge in [-0.2, -0.15) is 0 Å². The molecule has 1 N–H and O–H groups in total. The van der Waals surface area contributed by atoms with Crippen LogP contribution in [0.2, 0.25) is 0 Å². The van der Waals surface area contributed by atoms with Gasteiger partial charge in [0.15, 0.2) is 5.65 Å². The fourth-order valence-electron chi connectivity index (χ4n) is 4.24. The number of hydrogen-bond donors (Lipinski definition) is 1. The minimum Gasteiger partial charge on any atom is -0.494 e. The lowest BCUT2D eigenvalue weighted by atomic mass is 10.1. The summed E-state index contributed by atoms with van der Waals surface area (Å²) < 4.78 is 9.17. The maximum Gasteiger partial charge on any atom is 0.283 e. The van der Waals surface area contributed by atoms with E-state index < -0.39 is 0 Å². The van der Waals surface area contributed by atoms with Crippen LogP contribution in [-0.4, -0.2) is 27.3 Å². The van der Waals surface area contributed by atoms with E-state index in [1.807, 2.05) is 72.2 Å². The van der Waals surface area contributed by atoms with Crippen LogP contribution in [0, 0.1) is 0 Å². The molecular weight excluding hydrogens is 388 g/mol. The highest BCUT2D eigenvalue weighted by Crippen LogP contribution is 2.22. The first kappa shape index (κ1) is 19.4. The van der Waals surface area contributed by atoms with E-state index >= 15 is 0 Å². The van der Waals surface area contributed by atoms with Crippen molar-refractivity contribution in [2.75, 3.05) is 13.2 Å². The predicted octanol–water partition coefficient (Wildman–Crippen LogP) is 3.54. The smallest absolute Gasteiger partial charge is 0.283 e. The monoisotopic (exact) mass is 414 g/mol. The number of aromatic nitrogens is 3. The average Bonchev–Trinajstić information content (AvgIpc) is 3.18. The molecule has 2 aromatic heterocycles. The minimum absolute atomic E-state index is 0.0312. The van der Waals surface area contributed by atoms with E-state index in [1.54, 1.807) is 4.68 Å². The van der Waals surface area contributed by atoms with Gasteiger partial charge in [-0.15, -0.1) is 0 Å². The number of fused-ring (bicyclic) bond motifs is 1. The van der Waals surface area contributed by atoms with Gasteiger partial charge in [0.25, 0.3) is 5.56 Å². The summed E-state index contributed by atoms with van der Waals surface area (Å²) in [5.74, 6) is 0.838. The largest absolute Gasteiger partial charge is 0.494 e. The molecule has 0 amide bonds. The Hall–Kier alpha value is -3.54. The molecule has 0 radical (unpaired) electrons. The fraction of sp³-hybridized carbons (Fsp3) is 0.280. The number of nitrogens with zero attached hydrogens (tertiary/aromatic N) is 3. The molecule has 6 nitrogen and oxygen atoms in total. The Morgan fingerprint density at radius 3 is 2.61 bits per heavy atom. The number of hydrogen-bond acceptors (Lipinski definition) is 4. The minimum atomic E-state index is -0.0312. The Bertz CT molecular complexity index is 1290.